The Hall–Kier alpha value is -1.30. The zero-order valence-electron chi connectivity index (χ0n) is 14.5. The predicted octanol–water partition coefficient (Wildman–Crippen LogP) is 2.98. The molecule has 0 aromatic rings. The van der Waals surface area contributed by atoms with E-state index in [2.05, 4.69) is 12.2 Å². The standard InChI is InChI=1S/C16H31NO5/c1-6-8-9-10-13(18)21-11-12(7-2)14(19)17-15(20)22-16(3,4)5/h12,14,19H,6-11H2,1-5H3,(H,17,20)/t12-,14?/m1/s1. The molecule has 0 bridgehead atoms. The summed E-state index contributed by atoms with van der Waals surface area (Å²) < 4.78 is 10.2. The molecule has 0 spiro atoms. The normalized spacial score (nSPS) is 14.1. The van der Waals surface area contributed by atoms with E-state index in [-0.39, 0.29) is 18.5 Å². The molecule has 0 aliphatic carbocycles. The van der Waals surface area contributed by atoms with Gasteiger partial charge in [-0.3, -0.25) is 10.1 Å². The van der Waals surface area contributed by atoms with Gasteiger partial charge in [0.15, 0.2) is 0 Å². The second kappa shape index (κ2) is 10.4. The maximum atomic E-state index is 11.6. The van der Waals surface area contributed by atoms with Crippen LogP contribution in [0.1, 0.15) is 66.7 Å². The zero-order valence-corrected chi connectivity index (χ0v) is 14.5. The molecule has 0 fully saturated rings. The molecule has 0 radical (unpaired) electrons. The summed E-state index contributed by atoms with van der Waals surface area (Å²) in [5.74, 6) is -0.626. The average Bonchev–Trinajstić information content (AvgIpc) is 2.37. The van der Waals surface area contributed by atoms with Gasteiger partial charge < -0.3 is 14.6 Å². The maximum Gasteiger partial charge on any atom is 0.409 e. The molecule has 0 aromatic carbocycles. The summed E-state index contributed by atoms with van der Waals surface area (Å²) in [5.41, 5.74) is -0.628. The summed E-state index contributed by atoms with van der Waals surface area (Å²) >= 11 is 0. The third kappa shape index (κ3) is 10.4. The molecule has 0 heterocycles. The summed E-state index contributed by atoms with van der Waals surface area (Å²) in [6.07, 6.45) is 2.01. The van der Waals surface area contributed by atoms with Crippen molar-refractivity contribution in [2.24, 2.45) is 5.92 Å². The average molecular weight is 317 g/mol. The summed E-state index contributed by atoms with van der Waals surface area (Å²) in [5, 5.41) is 12.4. The monoisotopic (exact) mass is 317 g/mol. The first-order chi connectivity index (χ1) is 10.2. The van der Waals surface area contributed by atoms with Crippen LogP contribution in [0.2, 0.25) is 0 Å². The Morgan fingerprint density at radius 3 is 2.32 bits per heavy atom. The van der Waals surface area contributed by atoms with Gasteiger partial charge in [-0.2, -0.15) is 0 Å². The fraction of sp³-hybridized carbons (Fsp3) is 0.875. The van der Waals surface area contributed by atoms with E-state index in [0.29, 0.717) is 12.8 Å². The molecule has 6 heteroatoms. The molecule has 1 unspecified atom stereocenters. The molecule has 2 N–H and O–H groups in total. The number of aliphatic hydroxyl groups is 1. The second-order valence-corrected chi connectivity index (χ2v) is 6.40. The van der Waals surface area contributed by atoms with Crippen molar-refractivity contribution in [3.63, 3.8) is 0 Å². The summed E-state index contributed by atoms with van der Waals surface area (Å²) in [6, 6.07) is 0. The highest BCUT2D eigenvalue weighted by Gasteiger charge is 2.24. The van der Waals surface area contributed by atoms with Crippen LogP contribution in [-0.2, 0) is 14.3 Å². The number of hydrogen-bond acceptors (Lipinski definition) is 5. The number of aliphatic hydroxyl groups excluding tert-OH is 1. The molecule has 0 aromatic heterocycles. The van der Waals surface area contributed by atoms with Gasteiger partial charge in [-0.05, 0) is 33.6 Å². The van der Waals surface area contributed by atoms with Crippen LogP contribution in [0.25, 0.3) is 0 Å². The van der Waals surface area contributed by atoms with E-state index >= 15 is 0 Å². The lowest BCUT2D eigenvalue weighted by atomic mass is 10.1. The lowest BCUT2D eigenvalue weighted by Gasteiger charge is -2.25. The van der Waals surface area contributed by atoms with Gasteiger partial charge in [0.05, 0.1) is 6.61 Å². The van der Waals surface area contributed by atoms with Gasteiger partial charge in [0, 0.05) is 12.3 Å². The molecular formula is C16H31NO5. The SMILES string of the molecule is CCCCCC(=O)OC[C@@H](CC)C(O)NC(=O)OC(C)(C)C. The Bertz CT molecular complexity index is 338. The van der Waals surface area contributed by atoms with Crippen molar-refractivity contribution in [1.82, 2.24) is 5.32 Å². The Morgan fingerprint density at radius 2 is 1.82 bits per heavy atom. The maximum absolute atomic E-state index is 11.6. The topological polar surface area (TPSA) is 84.9 Å². The number of nitrogens with one attached hydrogen (secondary N) is 1. The van der Waals surface area contributed by atoms with E-state index in [1.165, 1.54) is 0 Å². The first-order valence-corrected chi connectivity index (χ1v) is 8.02. The van der Waals surface area contributed by atoms with Gasteiger partial charge in [0.25, 0.3) is 0 Å². The van der Waals surface area contributed by atoms with E-state index in [4.69, 9.17) is 9.47 Å². The number of ether oxygens (including phenoxy) is 2. The van der Waals surface area contributed by atoms with Crippen molar-refractivity contribution in [2.75, 3.05) is 6.61 Å². The van der Waals surface area contributed by atoms with Crippen molar-refractivity contribution >= 4 is 12.1 Å². The highest BCUT2D eigenvalue weighted by molar-refractivity contribution is 5.69. The van der Waals surface area contributed by atoms with Crippen LogP contribution < -0.4 is 5.32 Å². The molecule has 0 aliphatic rings. The van der Waals surface area contributed by atoms with Crippen molar-refractivity contribution < 1.29 is 24.2 Å². The molecule has 0 saturated carbocycles. The van der Waals surface area contributed by atoms with Crippen LogP contribution in [0, 0.1) is 5.92 Å². The minimum atomic E-state index is -1.11. The molecule has 0 aliphatic heterocycles. The fourth-order valence-electron chi connectivity index (χ4n) is 1.77. The third-order valence-corrected chi connectivity index (χ3v) is 3.08. The number of unbranched alkanes of at least 4 members (excludes halogenated alkanes) is 2. The molecule has 0 saturated heterocycles. The number of carbonyl (C=O) groups excluding carboxylic acids is 2. The lowest BCUT2D eigenvalue weighted by molar-refractivity contribution is -0.146. The number of amides is 1. The number of alkyl carbamates (subject to hydrolysis) is 1. The molecule has 2 atom stereocenters. The number of carbonyl (C=O) groups is 2. The van der Waals surface area contributed by atoms with E-state index < -0.39 is 17.9 Å². The van der Waals surface area contributed by atoms with Crippen LogP contribution in [0.5, 0.6) is 0 Å². The van der Waals surface area contributed by atoms with Crippen molar-refractivity contribution in [3.05, 3.63) is 0 Å². The smallest absolute Gasteiger partial charge is 0.409 e. The summed E-state index contributed by atoms with van der Waals surface area (Å²) in [4.78, 5) is 23.2. The summed E-state index contributed by atoms with van der Waals surface area (Å²) in [6.45, 7) is 9.24. The first-order valence-electron chi connectivity index (χ1n) is 8.02. The Morgan fingerprint density at radius 1 is 1.18 bits per heavy atom. The quantitative estimate of drug-likeness (QED) is 0.388. The van der Waals surface area contributed by atoms with E-state index in [1.807, 2.05) is 6.92 Å². The zero-order chi connectivity index (χ0) is 17.2. The van der Waals surface area contributed by atoms with Gasteiger partial charge in [-0.25, -0.2) is 4.79 Å². The van der Waals surface area contributed by atoms with Crippen LogP contribution in [-0.4, -0.2) is 35.6 Å². The van der Waals surface area contributed by atoms with Crippen molar-refractivity contribution in [2.45, 2.75) is 78.6 Å². The first kappa shape index (κ1) is 20.7. The van der Waals surface area contributed by atoms with Gasteiger partial charge >= 0.3 is 12.1 Å². The van der Waals surface area contributed by atoms with Crippen LogP contribution in [0.3, 0.4) is 0 Å². The molecule has 1 amide bonds. The summed E-state index contributed by atoms with van der Waals surface area (Å²) in [7, 11) is 0. The highest BCUT2D eigenvalue weighted by atomic mass is 16.6. The van der Waals surface area contributed by atoms with E-state index in [1.54, 1.807) is 20.8 Å². The highest BCUT2D eigenvalue weighted by Crippen LogP contribution is 2.11. The molecule has 6 nitrogen and oxygen atoms in total. The van der Waals surface area contributed by atoms with Gasteiger partial charge in [-0.1, -0.05) is 26.7 Å². The molecule has 22 heavy (non-hydrogen) atoms. The van der Waals surface area contributed by atoms with Crippen LogP contribution in [0.15, 0.2) is 0 Å². The Labute approximate surface area is 133 Å². The van der Waals surface area contributed by atoms with Crippen LogP contribution >= 0.6 is 0 Å². The Kier molecular flexibility index (Phi) is 9.81. The minimum absolute atomic E-state index is 0.0818. The molecule has 0 rings (SSSR count). The molecular weight excluding hydrogens is 286 g/mol. The number of hydrogen-bond donors (Lipinski definition) is 2. The minimum Gasteiger partial charge on any atom is -0.465 e. The number of rotatable bonds is 9. The fourth-order valence-corrected chi connectivity index (χ4v) is 1.77. The van der Waals surface area contributed by atoms with Crippen LogP contribution in [0.4, 0.5) is 4.79 Å². The van der Waals surface area contributed by atoms with E-state index in [0.717, 1.165) is 19.3 Å². The van der Waals surface area contributed by atoms with Gasteiger partial charge in [-0.15, -0.1) is 0 Å². The van der Waals surface area contributed by atoms with Gasteiger partial charge in [0.2, 0.25) is 0 Å². The predicted molar refractivity (Wildman–Crippen MR) is 84.3 cm³/mol. The van der Waals surface area contributed by atoms with Crippen molar-refractivity contribution in [3.8, 4) is 0 Å². The van der Waals surface area contributed by atoms with Gasteiger partial charge in [0.1, 0.15) is 11.8 Å². The molecule has 130 valence electrons. The lowest BCUT2D eigenvalue weighted by Crippen LogP contribution is -2.44. The second-order valence-electron chi connectivity index (χ2n) is 6.40. The van der Waals surface area contributed by atoms with Crippen molar-refractivity contribution in [1.29, 1.82) is 0 Å². The third-order valence-electron chi connectivity index (χ3n) is 3.08. The Balaban J connectivity index is 4.17. The number of esters is 1. The van der Waals surface area contributed by atoms with E-state index in [9.17, 15) is 14.7 Å². The largest absolute Gasteiger partial charge is 0.465 e.